The van der Waals surface area contributed by atoms with Crippen LogP contribution in [0.25, 0.3) is 16.9 Å². The third kappa shape index (κ3) is 3.09. The normalized spacial score (nSPS) is 11.1. The number of nitrogens with two attached hydrogens (primary N) is 1. The lowest BCUT2D eigenvalue weighted by Crippen LogP contribution is -2.23. The Morgan fingerprint density at radius 3 is 2.82 bits per heavy atom. The summed E-state index contributed by atoms with van der Waals surface area (Å²) in [5.74, 6) is 1.07. The molecule has 0 radical (unpaired) electrons. The third-order valence-corrected chi connectivity index (χ3v) is 4.71. The number of hydrogen-bond acceptors (Lipinski definition) is 5. The maximum Gasteiger partial charge on any atom is 0.253 e. The molecule has 0 aliphatic heterocycles. The summed E-state index contributed by atoms with van der Waals surface area (Å²) in [5, 5.41) is 2.96. The number of hydrogen-bond donors (Lipinski definition) is 2. The Morgan fingerprint density at radius 2 is 2.07 bits per heavy atom. The number of benzene rings is 1. The lowest BCUT2D eigenvalue weighted by molar-refractivity contribution is 0.0950. The Morgan fingerprint density at radius 1 is 1.25 bits per heavy atom. The van der Waals surface area contributed by atoms with Gasteiger partial charge in [-0.3, -0.25) is 9.36 Å². The lowest BCUT2D eigenvalue weighted by Gasteiger charge is -2.12. The van der Waals surface area contributed by atoms with Gasteiger partial charge in [-0.2, -0.15) is 0 Å². The molecule has 142 valence electrons. The minimum Gasteiger partial charge on any atom is -0.369 e. The monoisotopic (exact) mass is 375 g/mol. The van der Waals surface area contributed by atoms with E-state index in [2.05, 4.69) is 20.3 Å². The molecule has 0 saturated heterocycles. The molecular formula is C20H21N7O. The van der Waals surface area contributed by atoms with E-state index in [1.165, 1.54) is 0 Å². The number of para-hydroxylation sites is 1. The molecule has 8 heteroatoms. The average Bonchev–Trinajstić information content (AvgIpc) is 3.27. The van der Waals surface area contributed by atoms with Crippen molar-refractivity contribution in [1.29, 1.82) is 0 Å². The zero-order valence-corrected chi connectivity index (χ0v) is 15.8. The first-order valence-corrected chi connectivity index (χ1v) is 9.06. The van der Waals surface area contributed by atoms with Crippen LogP contribution in [0, 0.1) is 6.92 Å². The smallest absolute Gasteiger partial charge is 0.253 e. The SMILES string of the molecule is CCn1c(N)nc2cc(C(=O)NCc3ccccc3-n3ccnc3C)cnc21. The number of carbonyl (C=O) groups is 1. The molecule has 3 heterocycles. The van der Waals surface area contributed by atoms with Gasteiger partial charge < -0.3 is 15.6 Å². The molecule has 8 nitrogen and oxygen atoms in total. The molecule has 3 aromatic heterocycles. The molecule has 4 aromatic rings. The highest BCUT2D eigenvalue weighted by molar-refractivity contribution is 5.96. The van der Waals surface area contributed by atoms with Gasteiger partial charge in [0.25, 0.3) is 5.91 Å². The summed E-state index contributed by atoms with van der Waals surface area (Å²) in [6.45, 7) is 4.97. The van der Waals surface area contributed by atoms with Gasteiger partial charge in [-0.25, -0.2) is 15.0 Å². The molecule has 3 N–H and O–H groups in total. The zero-order chi connectivity index (χ0) is 19.7. The molecule has 0 aliphatic carbocycles. The number of nitrogens with zero attached hydrogens (tertiary/aromatic N) is 5. The maximum atomic E-state index is 12.7. The van der Waals surface area contributed by atoms with E-state index >= 15 is 0 Å². The van der Waals surface area contributed by atoms with E-state index in [1.807, 2.05) is 48.9 Å². The molecule has 28 heavy (non-hydrogen) atoms. The van der Waals surface area contributed by atoms with Crippen molar-refractivity contribution in [3.63, 3.8) is 0 Å². The van der Waals surface area contributed by atoms with Crippen LogP contribution in [0.15, 0.2) is 48.9 Å². The van der Waals surface area contributed by atoms with Crippen molar-refractivity contribution in [2.24, 2.45) is 0 Å². The highest BCUT2D eigenvalue weighted by atomic mass is 16.1. The number of anilines is 1. The highest BCUT2D eigenvalue weighted by Crippen LogP contribution is 2.18. The van der Waals surface area contributed by atoms with Crippen LogP contribution in [-0.2, 0) is 13.1 Å². The lowest BCUT2D eigenvalue weighted by atomic mass is 10.1. The summed E-state index contributed by atoms with van der Waals surface area (Å²) in [4.78, 5) is 25.6. The molecule has 1 aromatic carbocycles. The van der Waals surface area contributed by atoms with Gasteiger partial charge in [0.15, 0.2) is 5.65 Å². The summed E-state index contributed by atoms with van der Waals surface area (Å²) < 4.78 is 3.80. The largest absolute Gasteiger partial charge is 0.369 e. The van der Waals surface area contributed by atoms with Gasteiger partial charge in [0.05, 0.1) is 11.3 Å². The molecule has 0 atom stereocenters. The van der Waals surface area contributed by atoms with Gasteiger partial charge in [-0.15, -0.1) is 0 Å². The van der Waals surface area contributed by atoms with Gasteiger partial charge in [0.1, 0.15) is 11.3 Å². The fourth-order valence-electron chi connectivity index (χ4n) is 3.27. The Bertz CT molecular complexity index is 1160. The summed E-state index contributed by atoms with van der Waals surface area (Å²) in [6, 6.07) is 9.62. The highest BCUT2D eigenvalue weighted by Gasteiger charge is 2.13. The Kier molecular flexibility index (Phi) is 4.52. The van der Waals surface area contributed by atoms with Gasteiger partial charge >= 0.3 is 0 Å². The van der Waals surface area contributed by atoms with E-state index < -0.39 is 0 Å². The van der Waals surface area contributed by atoms with E-state index in [0.717, 1.165) is 17.1 Å². The zero-order valence-electron chi connectivity index (χ0n) is 15.8. The number of carbonyl (C=O) groups excluding carboxylic acids is 1. The van der Waals surface area contributed by atoms with Gasteiger partial charge in [-0.05, 0) is 31.5 Å². The van der Waals surface area contributed by atoms with Crippen molar-refractivity contribution in [2.45, 2.75) is 26.9 Å². The molecule has 0 aliphatic rings. The van der Waals surface area contributed by atoms with Crippen LogP contribution in [0.3, 0.4) is 0 Å². The van der Waals surface area contributed by atoms with E-state index in [0.29, 0.717) is 35.8 Å². The van der Waals surface area contributed by atoms with Crippen molar-refractivity contribution in [3.8, 4) is 5.69 Å². The molecule has 0 fully saturated rings. The van der Waals surface area contributed by atoms with Crippen LogP contribution in [0.5, 0.6) is 0 Å². The van der Waals surface area contributed by atoms with E-state index in [9.17, 15) is 4.79 Å². The van der Waals surface area contributed by atoms with Crippen LogP contribution in [0.2, 0.25) is 0 Å². The van der Waals surface area contributed by atoms with Crippen molar-refractivity contribution in [2.75, 3.05) is 5.73 Å². The predicted octanol–water partition coefficient (Wildman–Crippen LogP) is 2.46. The molecule has 4 rings (SSSR count). The summed E-state index contributed by atoms with van der Waals surface area (Å²) in [7, 11) is 0. The number of aryl methyl sites for hydroxylation is 2. The van der Waals surface area contributed by atoms with E-state index in [1.54, 1.807) is 23.0 Å². The van der Waals surface area contributed by atoms with E-state index in [4.69, 9.17) is 5.73 Å². The number of pyridine rings is 1. The number of fused-ring (bicyclic) bond motifs is 1. The number of imidazole rings is 2. The van der Waals surface area contributed by atoms with E-state index in [-0.39, 0.29) is 5.91 Å². The maximum absolute atomic E-state index is 12.7. The summed E-state index contributed by atoms with van der Waals surface area (Å²) in [6.07, 6.45) is 5.21. The third-order valence-electron chi connectivity index (χ3n) is 4.71. The average molecular weight is 375 g/mol. The fourth-order valence-corrected chi connectivity index (χ4v) is 3.27. The first kappa shape index (κ1) is 17.7. The molecular weight excluding hydrogens is 354 g/mol. The van der Waals surface area contributed by atoms with Crippen molar-refractivity contribution >= 4 is 23.0 Å². The van der Waals surface area contributed by atoms with Crippen LogP contribution in [0.4, 0.5) is 5.95 Å². The quantitative estimate of drug-likeness (QED) is 0.558. The summed E-state index contributed by atoms with van der Waals surface area (Å²) >= 11 is 0. The second-order valence-corrected chi connectivity index (χ2v) is 6.44. The number of rotatable bonds is 5. The number of aromatic nitrogens is 5. The topological polar surface area (TPSA) is 104 Å². The fraction of sp³-hybridized carbons (Fsp3) is 0.200. The minimum atomic E-state index is -0.212. The second-order valence-electron chi connectivity index (χ2n) is 6.44. The Balaban J connectivity index is 1.56. The molecule has 0 bridgehead atoms. The van der Waals surface area contributed by atoms with Crippen LogP contribution < -0.4 is 11.1 Å². The van der Waals surface area contributed by atoms with Crippen molar-refractivity contribution in [3.05, 3.63) is 65.9 Å². The van der Waals surface area contributed by atoms with Crippen LogP contribution in [0.1, 0.15) is 28.7 Å². The predicted molar refractivity (Wildman–Crippen MR) is 107 cm³/mol. The van der Waals surface area contributed by atoms with Crippen molar-refractivity contribution in [1.82, 2.24) is 29.4 Å². The second kappa shape index (κ2) is 7.15. The molecule has 0 unspecified atom stereocenters. The van der Waals surface area contributed by atoms with Gasteiger partial charge in [0.2, 0.25) is 5.95 Å². The van der Waals surface area contributed by atoms with Gasteiger partial charge in [0, 0.05) is 31.7 Å². The van der Waals surface area contributed by atoms with Crippen molar-refractivity contribution < 1.29 is 4.79 Å². The standard InChI is InChI=1S/C20H21N7O/c1-3-26-18-16(25-20(26)21)10-15(12-23-18)19(28)24-11-14-6-4-5-7-17(14)27-9-8-22-13(27)2/h4-10,12H,3,11H2,1-2H3,(H2,21,25)(H,24,28). The van der Waals surface area contributed by atoms with Gasteiger partial charge in [-0.1, -0.05) is 18.2 Å². The first-order valence-electron chi connectivity index (χ1n) is 9.06. The Hall–Kier alpha value is -3.68. The van der Waals surface area contributed by atoms with Crippen LogP contribution in [-0.4, -0.2) is 30.0 Å². The minimum absolute atomic E-state index is 0.212. The van der Waals surface area contributed by atoms with Crippen LogP contribution >= 0.6 is 0 Å². The Labute approximate surface area is 162 Å². The number of amides is 1. The summed E-state index contributed by atoms with van der Waals surface area (Å²) in [5.41, 5.74) is 9.62. The number of nitrogen functional groups attached to an aromatic ring is 1. The first-order chi connectivity index (χ1) is 13.6. The molecule has 1 amide bonds. The molecule has 0 spiro atoms. The molecule has 0 saturated carbocycles. The number of nitrogens with one attached hydrogen (secondary N) is 1.